The first-order valence-electron chi connectivity index (χ1n) is 26.8. The quantitative estimate of drug-likeness (QED) is 0.140. The van der Waals surface area contributed by atoms with Crippen molar-refractivity contribution in [3.8, 4) is 33.4 Å². The molecule has 4 fully saturated rings. The standard InChI is InChI=1S/C68H65N/c1-43(2)50-13-11-15-53(36-50)68(54-16-12-14-51(37-54)44(3)4)64-20-10-8-17-58(64)60-31-29-57(39-65(60)68)69(56-30-32-63-61(38-56)59-18-7-9-19-62(59)66(63,5)6)55-27-23-49(24-28-55)48-21-25-52(26-22-48)67-40-45-33-46(41-67)35-47(34-45)42-67/h7-32,36-39,43-47H,33-35,40-42H2,1-6H3/i43D,44D. The Morgan fingerprint density at radius 2 is 0.899 bits per heavy atom. The average Bonchev–Trinajstić information content (AvgIpc) is 3.78. The Kier molecular flexibility index (Phi) is 9.26. The van der Waals surface area contributed by atoms with Crippen molar-refractivity contribution in [2.24, 2.45) is 17.8 Å². The third-order valence-electron chi connectivity index (χ3n) is 17.9. The lowest BCUT2D eigenvalue weighted by molar-refractivity contribution is -0.00518. The molecular formula is C68H65N. The van der Waals surface area contributed by atoms with Crippen molar-refractivity contribution in [2.75, 3.05) is 4.90 Å². The van der Waals surface area contributed by atoms with Crippen molar-refractivity contribution in [2.45, 2.75) is 108 Å². The molecule has 0 N–H and O–H groups in total. The molecular weight excluding hydrogens is 831 g/mol. The zero-order chi connectivity index (χ0) is 48.7. The predicted molar refractivity (Wildman–Crippen MR) is 289 cm³/mol. The van der Waals surface area contributed by atoms with Gasteiger partial charge in [-0.25, -0.2) is 0 Å². The van der Waals surface area contributed by atoms with E-state index in [0.29, 0.717) is 5.41 Å². The summed E-state index contributed by atoms with van der Waals surface area (Å²) >= 11 is 0. The van der Waals surface area contributed by atoms with E-state index in [9.17, 15) is 2.74 Å². The summed E-state index contributed by atoms with van der Waals surface area (Å²) < 4.78 is 18.5. The summed E-state index contributed by atoms with van der Waals surface area (Å²) in [5.41, 5.74) is 21.2. The molecule has 69 heavy (non-hydrogen) atoms. The molecule has 0 amide bonds. The maximum atomic E-state index is 9.24. The fraction of sp³-hybridized carbons (Fsp3) is 0.294. The van der Waals surface area contributed by atoms with Crippen molar-refractivity contribution >= 4 is 17.1 Å². The van der Waals surface area contributed by atoms with Crippen LogP contribution >= 0.6 is 0 Å². The molecule has 0 heterocycles. The van der Waals surface area contributed by atoms with Crippen LogP contribution in [-0.2, 0) is 16.2 Å². The maximum absolute atomic E-state index is 9.24. The van der Waals surface area contributed by atoms with E-state index < -0.39 is 17.2 Å². The lowest BCUT2D eigenvalue weighted by atomic mass is 9.48. The van der Waals surface area contributed by atoms with Gasteiger partial charge in [0.2, 0.25) is 0 Å². The first-order valence-corrected chi connectivity index (χ1v) is 25.8. The molecule has 1 nitrogen and oxygen atoms in total. The van der Waals surface area contributed by atoms with E-state index in [1.807, 2.05) is 27.7 Å². The van der Waals surface area contributed by atoms with E-state index in [1.165, 1.54) is 94.2 Å². The van der Waals surface area contributed by atoms with E-state index in [2.05, 4.69) is 201 Å². The Labute approximate surface area is 414 Å². The molecule has 6 aliphatic carbocycles. The molecule has 0 spiro atoms. The van der Waals surface area contributed by atoms with E-state index in [-0.39, 0.29) is 5.41 Å². The van der Waals surface area contributed by atoms with Crippen molar-refractivity contribution in [1.82, 2.24) is 0 Å². The lowest BCUT2D eigenvalue weighted by Gasteiger charge is -2.57. The average molecular weight is 898 g/mol. The molecule has 8 aromatic carbocycles. The molecule has 8 aromatic rings. The second-order valence-corrected chi connectivity index (χ2v) is 22.7. The third-order valence-corrected chi connectivity index (χ3v) is 17.9. The van der Waals surface area contributed by atoms with Gasteiger partial charge in [0.15, 0.2) is 0 Å². The first kappa shape index (κ1) is 40.4. The number of rotatable bonds is 9. The second kappa shape index (κ2) is 15.8. The number of anilines is 3. The molecule has 0 unspecified atom stereocenters. The molecule has 0 atom stereocenters. The summed E-state index contributed by atoms with van der Waals surface area (Å²) in [5.74, 6) is 1.19. The highest BCUT2D eigenvalue weighted by atomic mass is 15.1. The Balaban J connectivity index is 0.985. The highest BCUT2D eigenvalue weighted by Gasteiger charge is 2.52. The summed E-state index contributed by atoms with van der Waals surface area (Å²) in [4.78, 5) is 2.47. The summed E-state index contributed by atoms with van der Waals surface area (Å²) in [6.07, 6.45) is 8.56. The predicted octanol–water partition coefficient (Wildman–Crippen LogP) is 18.2. The van der Waals surface area contributed by atoms with E-state index in [4.69, 9.17) is 0 Å². The zero-order valence-electron chi connectivity index (χ0n) is 43.2. The van der Waals surface area contributed by atoms with Crippen LogP contribution in [0.5, 0.6) is 0 Å². The van der Waals surface area contributed by atoms with Gasteiger partial charge in [-0.3, -0.25) is 0 Å². The van der Waals surface area contributed by atoms with Crippen LogP contribution in [0.2, 0.25) is 0 Å². The summed E-state index contributed by atoms with van der Waals surface area (Å²) in [7, 11) is 0. The SMILES string of the molecule is [2H]C(C)(C)c1cccc(C2(c3cccc(C([2H])(C)C)c3)c3ccccc3-c3ccc(N(c4ccc(-c5ccc(C67CC8CC(CC(C8)C6)C7)cc5)cc4)c4ccc5c(c4)-c4ccccc4C5(C)C)cc32)c1. The van der Waals surface area contributed by atoms with Gasteiger partial charge in [0.05, 0.1) is 5.41 Å². The second-order valence-electron chi connectivity index (χ2n) is 22.7. The van der Waals surface area contributed by atoms with E-state index in [1.54, 1.807) is 5.56 Å². The summed E-state index contributed by atoms with van der Waals surface area (Å²) in [6.45, 7) is 12.6. The van der Waals surface area contributed by atoms with Crippen LogP contribution in [-0.4, -0.2) is 0 Å². The molecule has 0 aliphatic heterocycles. The zero-order valence-corrected chi connectivity index (χ0v) is 41.2. The van der Waals surface area contributed by atoms with Gasteiger partial charge in [-0.05, 0) is 193 Å². The highest BCUT2D eigenvalue weighted by molar-refractivity contribution is 5.91. The van der Waals surface area contributed by atoms with Gasteiger partial charge >= 0.3 is 0 Å². The highest BCUT2D eigenvalue weighted by Crippen LogP contribution is 2.62. The number of benzene rings is 8. The van der Waals surface area contributed by atoms with Gasteiger partial charge in [-0.2, -0.15) is 0 Å². The minimum absolute atomic E-state index is 0.106. The molecule has 0 aromatic heterocycles. The van der Waals surface area contributed by atoms with Gasteiger partial charge in [0, 0.05) is 25.2 Å². The molecule has 0 saturated heterocycles. The van der Waals surface area contributed by atoms with Crippen LogP contribution in [0.25, 0.3) is 33.4 Å². The van der Waals surface area contributed by atoms with Crippen LogP contribution in [0.3, 0.4) is 0 Å². The van der Waals surface area contributed by atoms with Crippen molar-refractivity contribution in [1.29, 1.82) is 0 Å². The van der Waals surface area contributed by atoms with Gasteiger partial charge in [0.25, 0.3) is 0 Å². The van der Waals surface area contributed by atoms with Crippen molar-refractivity contribution in [3.05, 3.63) is 232 Å². The lowest BCUT2D eigenvalue weighted by Crippen LogP contribution is -2.48. The van der Waals surface area contributed by atoms with Crippen LogP contribution in [0.1, 0.15) is 145 Å². The Hall–Kier alpha value is -6.44. The smallest absolute Gasteiger partial charge is 0.0714 e. The van der Waals surface area contributed by atoms with Gasteiger partial charge < -0.3 is 4.90 Å². The molecule has 4 bridgehead atoms. The van der Waals surface area contributed by atoms with Crippen molar-refractivity contribution < 1.29 is 2.74 Å². The van der Waals surface area contributed by atoms with Crippen LogP contribution in [0.4, 0.5) is 17.1 Å². The van der Waals surface area contributed by atoms with Crippen LogP contribution < -0.4 is 4.90 Å². The Morgan fingerprint density at radius 1 is 0.420 bits per heavy atom. The van der Waals surface area contributed by atoms with Gasteiger partial charge in [0.1, 0.15) is 0 Å². The maximum Gasteiger partial charge on any atom is 0.0714 e. The number of nitrogens with zero attached hydrogens (tertiary/aromatic N) is 1. The van der Waals surface area contributed by atoms with Crippen LogP contribution in [0, 0.1) is 17.8 Å². The van der Waals surface area contributed by atoms with Crippen LogP contribution in [0.15, 0.2) is 182 Å². The largest absolute Gasteiger partial charge is 0.310 e. The minimum atomic E-state index is -0.800. The molecule has 0 radical (unpaired) electrons. The molecule has 342 valence electrons. The topological polar surface area (TPSA) is 3.24 Å². The minimum Gasteiger partial charge on any atom is -0.310 e. The van der Waals surface area contributed by atoms with Gasteiger partial charge in [-0.15, -0.1) is 0 Å². The van der Waals surface area contributed by atoms with Crippen molar-refractivity contribution in [3.63, 3.8) is 0 Å². The number of hydrogen-bond donors (Lipinski definition) is 0. The number of fused-ring (bicyclic) bond motifs is 6. The first-order chi connectivity index (χ1) is 34.1. The third kappa shape index (κ3) is 6.55. The molecule has 1 heteroatoms. The van der Waals surface area contributed by atoms with E-state index >= 15 is 0 Å². The normalized spacial score (nSPS) is 22.6. The Bertz CT molecular complexity index is 3300. The Morgan fingerprint density at radius 3 is 1.49 bits per heavy atom. The van der Waals surface area contributed by atoms with Gasteiger partial charge in [-0.1, -0.05) is 187 Å². The number of hydrogen-bond acceptors (Lipinski definition) is 1. The summed E-state index contributed by atoms with van der Waals surface area (Å²) in [5, 5.41) is 0. The summed E-state index contributed by atoms with van der Waals surface area (Å²) in [6, 6.07) is 68.7. The molecule has 14 rings (SSSR count). The monoisotopic (exact) mass is 898 g/mol. The fourth-order valence-electron chi connectivity index (χ4n) is 14.9. The fourth-order valence-corrected chi connectivity index (χ4v) is 14.9. The molecule has 4 saturated carbocycles. The molecule has 6 aliphatic rings. The van der Waals surface area contributed by atoms with E-state index in [0.717, 1.165) is 57.1 Å².